The summed E-state index contributed by atoms with van der Waals surface area (Å²) in [6, 6.07) is 15.4. The molecule has 1 aromatic heterocycles. The Balaban J connectivity index is 1.47. The van der Waals surface area contributed by atoms with Gasteiger partial charge in [-0.05, 0) is 35.7 Å². The number of oxazole rings is 1. The van der Waals surface area contributed by atoms with E-state index in [1.54, 1.807) is 12.1 Å². The fraction of sp³-hybridized carbons (Fsp3) is 0.350. The summed E-state index contributed by atoms with van der Waals surface area (Å²) < 4.78 is 33.2. The number of hydrogen-bond donors (Lipinski definition) is 0. The molecule has 0 radical (unpaired) electrons. The second kappa shape index (κ2) is 6.98. The van der Waals surface area contributed by atoms with Crippen molar-refractivity contribution in [3.05, 3.63) is 54.1 Å². The van der Waals surface area contributed by atoms with Gasteiger partial charge in [0, 0.05) is 26.2 Å². The number of piperazine rings is 1. The summed E-state index contributed by atoms with van der Waals surface area (Å²) in [5.41, 5.74) is 2.69. The van der Waals surface area contributed by atoms with E-state index in [2.05, 4.69) is 18.8 Å². The van der Waals surface area contributed by atoms with Crippen LogP contribution in [0, 0.1) is 0 Å². The minimum Gasteiger partial charge on any atom is -0.423 e. The standard InChI is InChI=1S/C20H23N3O3S/c1-15(2)16-7-9-17(10-8-16)27(24,25)23-13-11-22(12-14-23)20-21-18-5-3-4-6-19(18)26-20/h3-10,15H,11-14H2,1-2H3. The monoisotopic (exact) mass is 385 g/mol. The minimum absolute atomic E-state index is 0.349. The van der Waals surface area contributed by atoms with Crippen molar-refractivity contribution < 1.29 is 12.8 Å². The van der Waals surface area contributed by atoms with Crippen molar-refractivity contribution in [1.82, 2.24) is 9.29 Å². The highest BCUT2D eigenvalue weighted by Crippen LogP contribution is 2.25. The number of rotatable bonds is 4. The average molecular weight is 385 g/mol. The maximum atomic E-state index is 12.9. The molecule has 0 bridgehead atoms. The summed E-state index contributed by atoms with van der Waals surface area (Å²) in [4.78, 5) is 6.84. The van der Waals surface area contributed by atoms with Crippen LogP contribution in [-0.4, -0.2) is 43.9 Å². The summed E-state index contributed by atoms with van der Waals surface area (Å²) in [5, 5.41) is 0. The first-order valence-electron chi connectivity index (χ1n) is 9.16. The van der Waals surface area contributed by atoms with Gasteiger partial charge in [-0.25, -0.2) is 8.42 Å². The van der Waals surface area contributed by atoms with Crippen molar-refractivity contribution in [3.8, 4) is 0 Å². The molecule has 6 nitrogen and oxygen atoms in total. The van der Waals surface area contributed by atoms with E-state index in [-0.39, 0.29) is 0 Å². The van der Waals surface area contributed by atoms with E-state index < -0.39 is 10.0 Å². The molecule has 1 saturated heterocycles. The van der Waals surface area contributed by atoms with E-state index >= 15 is 0 Å². The van der Waals surface area contributed by atoms with Gasteiger partial charge in [-0.2, -0.15) is 9.29 Å². The van der Waals surface area contributed by atoms with E-state index in [9.17, 15) is 8.42 Å². The van der Waals surface area contributed by atoms with Gasteiger partial charge >= 0.3 is 0 Å². The molecule has 1 aliphatic heterocycles. The van der Waals surface area contributed by atoms with Gasteiger partial charge < -0.3 is 9.32 Å². The minimum atomic E-state index is -3.48. The molecule has 0 aliphatic carbocycles. The van der Waals surface area contributed by atoms with Gasteiger partial charge in [-0.1, -0.05) is 38.1 Å². The molecule has 0 spiro atoms. The van der Waals surface area contributed by atoms with Crippen LogP contribution in [0.25, 0.3) is 11.1 Å². The van der Waals surface area contributed by atoms with Gasteiger partial charge in [-0.3, -0.25) is 0 Å². The zero-order valence-corrected chi connectivity index (χ0v) is 16.3. The van der Waals surface area contributed by atoms with Gasteiger partial charge in [0.2, 0.25) is 10.0 Å². The number of benzene rings is 2. The van der Waals surface area contributed by atoms with Crippen LogP contribution < -0.4 is 4.90 Å². The Morgan fingerprint density at radius 3 is 2.26 bits per heavy atom. The van der Waals surface area contributed by atoms with Crippen molar-refractivity contribution in [1.29, 1.82) is 0 Å². The second-order valence-electron chi connectivity index (χ2n) is 7.08. The predicted octanol–water partition coefficient (Wildman–Crippen LogP) is 3.46. The summed E-state index contributed by atoms with van der Waals surface area (Å²) in [6.07, 6.45) is 0. The lowest BCUT2D eigenvalue weighted by Gasteiger charge is -2.33. The fourth-order valence-corrected chi connectivity index (χ4v) is 4.71. The maximum Gasteiger partial charge on any atom is 0.298 e. The molecule has 2 heterocycles. The summed E-state index contributed by atoms with van der Waals surface area (Å²) in [7, 11) is -3.48. The molecule has 27 heavy (non-hydrogen) atoms. The molecule has 0 N–H and O–H groups in total. The number of para-hydroxylation sites is 2. The maximum absolute atomic E-state index is 12.9. The van der Waals surface area contributed by atoms with Crippen molar-refractivity contribution in [2.45, 2.75) is 24.7 Å². The van der Waals surface area contributed by atoms with Crippen LogP contribution in [0.5, 0.6) is 0 Å². The Kier molecular flexibility index (Phi) is 4.65. The predicted molar refractivity (Wildman–Crippen MR) is 106 cm³/mol. The van der Waals surface area contributed by atoms with Gasteiger partial charge in [0.1, 0.15) is 5.52 Å². The van der Waals surface area contributed by atoms with E-state index in [0.717, 1.165) is 16.7 Å². The summed E-state index contributed by atoms with van der Waals surface area (Å²) >= 11 is 0. The topological polar surface area (TPSA) is 66.7 Å². The largest absolute Gasteiger partial charge is 0.423 e. The van der Waals surface area contributed by atoms with Gasteiger partial charge in [0.15, 0.2) is 5.58 Å². The third kappa shape index (κ3) is 3.44. The fourth-order valence-electron chi connectivity index (χ4n) is 3.29. The van der Waals surface area contributed by atoms with Gasteiger partial charge in [0.05, 0.1) is 4.90 Å². The van der Waals surface area contributed by atoms with Crippen LogP contribution in [0.15, 0.2) is 57.8 Å². The number of aromatic nitrogens is 1. The van der Waals surface area contributed by atoms with E-state index in [1.165, 1.54) is 4.31 Å². The number of anilines is 1. The Bertz CT molecular complexity index is 1000. The van der Waals surface area contributed by atoms with Crippen molar-refractivity contribution in [3.63, 3.8) is 0 Å². The molecular formula is C20H23N3O3S. The zero-order chi connectivity index (χ0) is 19.0. The van der Waals surface area contributed by atoms with Gasteiger partial charge in [0.25, 0.3) is 6.01 Å². The lowest BCUT2D eigenvalue weighted by Crippen LogP contribution is -2.48. The highest BCUT2D eigenvalue weighted by Gasteiger charge is 2.30. The normalized spacial score (nSPS) is 16.3. The van der Waals surface area contributed by atoms with E-state index in [0.29, 0.717) is 43.0 Å². The average Bonchev–Trinajstić information content (AvgIpc) is 3.12. The quantitative estimate of drug-likeness (QED) is 0.688. The van der Waals surface area contributed by atoms with Crippen LogP contribution in [-0.2, 0) is 10.0 Å². The lowest BCUT2D eigenvalue weighted by molar-refractivity contribution is 0.373. The van der Waals surface area contributed by atoms with Crippen molar-refractivity contribution in [2.24, 2.45) is 0 Å². The number of nitrogens with zero attached hydrogens (tertiary/aromatic N) is 3. The van der Waals surface area contributed by atoms with Crippen LogP contribution in [0.2, 0.25) is 0 Å². The number of sulfonamides is 1. The third-order valence-electron chi connectivity index (χ3n) is 4.98. The molecule has 1 fully saturated rings. The van der Waals surface area contributed by atoms with Crippen LogP contribution in [0.1, 0.15) is 25.3 Å². The first kappa shape index (κ1) is 18.0. The molecule has 4 rings (SSSR count). The summed E-state index contributed by atoms with van der Waals surface area (Å²) in [6.45, 7) is 6.11. The number of fused-ring (bicyclic) bond motifs is 1. The molecule has 3 aromatic rings. The van der Waals surface area contributed by atoms with Crippen LogP contribution in [0.3, 0.4) is 0 Å². The Hall–Kier alpha value is -2.38. The van der Waals surface area contributed by atoms with E-state index in [1.807, 2.05) is 41.3 Å². The van der Waals surface area contributed by atoms with Crippen LogP contribution >= 0.6 is 0 Å². The molecule has 2 aromatic carbocycles. The highest BCUT2D eigenvalue weighted by atomic mass is 32.2. The summed E-state index contributed by atoms with van der Waals surface area (Å²) in [5.74, 6) is 0.376. The molecule has 7 heteroatoms. The second-order valence-corrected chi connectivity index (χ2v) is 9.02. The Labute approximate surface area is 159 Å². The van der Waals surface area contributed by atoms with Crippen LogP contribution in [0.4, 0.5) is 6.01 Å². The molecular weight excluding hydrogens is 362 g/mol. The molecule has 0 amide bonds. The molecule has 0 unspecified atom stereocenters. The molecule has 1 aliphatic rings. The molecule has 142 valence electrons. The smallest absolute Gasteiger partial charge is 0.298 e. The first-order chi connectivity index (χ1) is 12.9. The van der Waals surface area contributed by atoms with Crippen molar-refractivity contribution in [2.75, 3.05) is 31.1 Å². The highest BCUT2D eigenvalue weighted by molar-refractivity contribution is 7.89. The number of hydrogen-bond acceptors (Lipinski definition) is 5. The third-order valence-corrected chi connectivity index (χ3v) is 6.89. The Morgan fingerprint density at radius 1 is 0.963 bits per heavy atom. The van der Waals surface area contributed by atoms with E-state index in [4.69, 9.17) is 4.42 Å². The van der Waals surface area contributed by atoms with Gasteiger partial charge in [-0.15, -0.1) is 0 Å². The molecule has 0 atom stereocenters. The molecule has 0 saturated carbocycles. The Morgan fingerprint density at radius 2 is 1.63 bits per heavy atom. The SMILES string of the molecule is CC(C)c1ccc(S(=O)(=O)N2CCN(c3nc4ccccc4o3)CC2)cc1. The van der Waals surface area contributed by atoms with Crippen molar-refractivity contribution >= 4 is 27.1 Å². The zero-order valence-electron chi connectivity index (χ0n) is 15.5. The first-order valence-corrected chi connectivity index (χ1v) is 10.6. The lowest BCUT2D eigenvalue weighted by atomic mass is 10.0.